The zero-order valence-corrected chi connectivity index (χ0v) is 23.9. The van der Waals surface area contributed by atoms with E-state index in [9.17, 15) is 26.3 Å². The molecular formula is C26H33F6N2OPSe. The van der Waals surface area contributed by atoms with Crippen LogP contribution in [-0.4, -0.2) is 45.1 Å². The molecule has 2 aromatic carbocycles. The van der Waals surface area contributed by atoms with Crippen molar-refractivity contribution < 1.29 is 30.9 Å². The molecule has 0 aromatic heterocycles. The molecule has 0 spiro atoms. The van der Waals surface area contributed by atoms with E-state index in [2.05, 4.69) is 28.9 Å². The van der Waals surface area contributed by atoms with Crippen molar-refractivity contribution in [2.75, 3.05) is 20.7 Å². The standard InChI is InChI=1S/C26H33F6N2OPSe/c1-5-7-10-18(6-2)17-35-36(37)33(3)23(19-11-8-13-21(15-19)25(27,28)29)24(34(36)4)20-12-9-14-22(16-20)26(30,31)32/h8-9,11-16,18,23-24H,5-7,10,17H2,1-4H3/t18?,23-,24-/m0/s1. The first kappa shape index (κ1) is 30.4. The summed E-state index contributed by atoms with van der Waals surface area (Å²) in [7, 11) is 3.54. The Labute approximate surface area is 222 Å². The summed E-state index contributed by atoms with van der Waals surface area (Å²) in [6, 6.07) is 6.02. The average Bonchev–Trinajstić information content (AvgIpc) is 3.04. The molecule has 1 aliphatic heterocycles. The first-order valence-electron chi connectivity index (χ1n) is 12.3. The molecule has 206 valence electrons. The molecule has 0 bridgehead atoms. The van der Waals surface area contributed by atoms with E-state index in [0.717, 1.165) is 49.9 Å². The van der Waals surface area contributed by atoms with Gasteiger partial charge < -0.3 is 0 Å². The van der Waals surface area contributed by atoms with Crippen LogP contribution in [0.15, 0.2) is 48.5 Å². The zero-order valence-electron chi connectivity index (χ0n) is 21.3. The minimum atomic E-state index is -4.54. The van der Waals surface area contributed by atoms with E-state index in [4.69, 9.17) is 4.52 Å². The first-order valence-corrected chi connectivity index (χ1v) is 16.1. The summed E-state index contributed by atoms with van der Waals surface area (Å²) in [6.45, 7) is 4.66. The van der Waals surface area contributed by atoms with Crippen LogP contribution in [0.4, 0.5) is 26.3 Å². The third kappa shape index (κ3) is 6.71. The maximum absolute atomic E-state index is 13.6. The molecule has 3 atom stereocenters. The first-order chi connectivity index (χ1) is 17.2. The Morgan fingerprint density at radius 2 is 1.32 bits per heavy atom. The minimum absolute atomic E-state index is 0.312. The van der Waals surface area contributed by atoms with Gasteiger partial charge in [0.05, 0.1) is 0 Å². The molecule has 1 saturated heterocycles. The monoisotopic (exact) mass is 614 g/mol. The van der Waals surface area contributed by atoms with Crippen molar-refractivity contribution in [3.63, 3.8) is 0 Å². The molecule has 1 fully saturated rings. The van der Waals surface area contributed by atoms with E-state index in [0.29, 0.717) is 23.7 Å². The Morgan fingerprint density at radius 1 is 0.865 bits per heavy atom. The van der Waals surface area contributed by atoms with Gasteiger partial charge >= 0.3 is 223 Å². The van der Waals surface area contributed by atoms with Crippen molar-refractivity contribution in [2.45, 2.75) is 64.0 Å². The summed E-state index contributed by atoms with van der Waals surface area (Å²) in [5.41, 5.74) is -0.867. The second-order valence-electron chi connectivity index (χ2n) is 9.49. The van der Waals surface area contributed by atoms with Crippen molar-refractivity contribution in [2.24, 2.45) is 5.92 Å². The Hall–Kier alpha value is -1.15. The van der Waals surface area contributed by atoms with Crippen molar-refractivity contribution in [1.29, 1.82) is 0 Å². The van der Waals surface area contributed by atoms with Gasteiger partial charge in [-0.15, -0.1) is 0 Å². The van der Waals surface area contributed by atoms with Gasteiger partial charge in [-0.2, -0.15) is 0 Å². The van der Waals surface area contributed by atoms with Crippen molar-refractivity contribution in [1.82, 2.24) is 9.34 Å². The van der Waals surface area contributed by atoms with E-state index >= 15 is 0 Å². The van der Waals surface area contributed by atoms with Gasteiger partial charge in [-0.05, 0) is 0 Å². The van der Waals surface area contributed by atoms with Crippen LogP contribution in [-0.2, 0) is 16.9 Å². The fraction of sp³-hybridized carbons (Fsp3) is 0.538. The molecule has 2 aromatic rings. The fourth-order valence-electron chi connectivity index (χ4n) is 4.82. The Morgan fingerprint density at radius 3 is 1.70 bits per heavy atom. The van der Waals surface area contributed by atoms with Gasteiger partial charge in [0.15, 0.2) is 0 Å². The maximum atomic E-state index is 13.6. The van der Waals surface area contributed by atoms with Crippen LogP contribution in [0.5, 0.6) is 0 Å². The van der Waals surface area contributed by atoms with Crippen molar-refractivity contribution >= 4 is 21.1 Å². The van der Waals surface area contributed by atoms with Crippen LogP contribution in [0.25, 0.3) is 0 Å². The molecule has 37 heavy (non-hydrogen) atoms. The van der Waals surface area contributed by atoms with Gasteiger partial charge in [0, 0.05) is 0 Å². The summed E-state index contributed by atoms with van der Waals surface area (Å²) in [5.74, 6) is 0.312. The number of alkyl halides is 6. The average molecular weight is 613 g/mol. The number of hydrogen-bond acceptors (Lipinski definition) is 3. The number of likely N-dealkylation sites (N-methyl/N-ethyl adjacent to an activating group) is 2. The van der Waals surface area contributed by atoms with E-state index in [1.165, 1.54) is 12.1 Å². The van der Waals surface area contributed by atoms with E-state index in [1.54, 1.807) is 26.2 Å². The molecule has 11 heteroatoms. The zero-order chi connectivity index (χ0) is 27.6. The second kappa shape index (κ2) is 11.9. The normalized spacial score (nSPS) is 21.9. The molecule has 1 aliphatic rings. The quantitative estimate of drug-likeness (QED) is 0.160. The van der Waals surface area contributed by atoms with Crippen LogP contribution in [0.3, 0.4) is 0 Å². The molecule has 1 heterocycles. The van der Waals surface area contributed by atoms with Gasteiger partial charge in [0.25, 0.3) is 0 Å². The van der Waals surface area contributed by atoms with Crippen LogP contribution in [0.2, 0.25) is 0 Å². The van der Waals surface area contributed by atoms with Gasteiger partial charge in [0.1, 0.15) is 0 Å². The molecular weight excluding hydrogens is 580 g/mol. The van der Waals surface area contributed by atoms with Crippen molar-refractivity contribution in [3.8, 4) is 0 Å². The summed E-state index contributed by atoms with van der Waals surface area (Å²) >= 11 is 3.17. The SMILES string of the molecule is CCCCC(CC)COP1(=[Se])N(C)[C@@H](c2cccc(C(F)(F)F)c2)[C@H](c2cccc(C(F)(F)F)c2)N1C. The van der Waals surface area contributed by atoms with Gasteiger partial charge in [-0.1, -0.05) is 0 Å². The molecule has 0 aliphatic carbocycles. The van der Waals surface area contributed by atoms with Crippen LogP contribution < -0.4 is 0 Å². The number of rotatable bonds is 9. The Bertz CT molecular complexity index is 1040. The topological polar surface area (TPSA) is 15.7 Å². The van der Waals surface area contributed by atoms with Crippen LogP contribution in [0, 0.1) is 5.92 Å². The van der Waals surface area contributed by atoms with Gasteiger partial charge in [0.2, 0.25) is 0 Å². The van der Waals surface area contributed by atoms with Crippen LogP contribution >= 0.6 is 6.04 Å². The Kier molecular flexibility index (Phi) is 9.80. The molecule has 3 nitrogen and oxygen atoms in total. The van der Waals surface area contributed by atoms with Gasteiger partial charge in [-0.25, -0.2) is 0 Å². The fourth-order valence-corrected chi connectivity index (χ4v) is 8.85. The summed E-state index contributed by atoms with van der Waals surface area (Å²) in [5, 5.41) is 0. The number of unbranched alkanes of at least 4 members (excludes halogenated alkanes) is 1. The molecule has 0 radical (unpaired) electrons. The van der Waals surface area contributed by atoms with E-state index in [-0.39, 0.29) is 0 Å². The number of nitrogens with zero attached hydrogens (tertiary/aromatic N) is 2. The van der Waals surface area contributed by atoms with E-state index < -0.39 is 41.6 Å². The Balaban J connectivity index is 2.09. The number of halogens is 6. The third-order valence-corrected chi connectivity index (χ3v) is 13.5. The summed E-state index contributed by atoms with van der Waals surface area (Å²) < 4.78 is 91.7. The third-order valence-electron chi connectivity index (χ3n) is 7.03. The van der Waals surface area contributed by atoms with Crippen molar-refractivity contribution in [3.05, 3.63) is 70.8 Å². The summed E-state index contributed by atoms with van der Waals surface area (Å²) in [6.07, 6.45) is -5.05. The predicted molar refractivity (Wildman–Crippen MR) is 136 cm³/mol. The predicted octanol–water partition coefficient (Wildman–Crippen LogP) is 8.46. The summed E-state index contributed by atoms with van der Waals surface area (Å²) in [4.78, 5) is 0. The molecule has 0 N–H and O–H groups in total. The van der Waals surface area contributed by atoms with Gasteiger partial charge in [-0.3, -0.25) is 0 Å². The number of benzene rings is 2. The number of hydrogen-bond donors (Lipinski definition) is 0. The molecule has 3 rings (SSSR count). The molecule has 1 unspecified atom stereocenters. The van der Waals surface area contributed by atoms with Crippen LogP contribution in [0.1, 0.15) is 73.9 Å². The molecule has 0 saturated carbocycles. The van der Waals surface area contributed by atoms with E-state index in [1.807, 2.05) is 9.34 Å². The second-order valence-corrected chi connectivity index (χ2v) is 15.0. The molecule has 0 amide bonds.